The van der Waals surface area contributed by atoms with Gasteiger partial charge in [-0.25, -0.2) is 0 Å². The average molecular weight is 240 g/mol. The summed E-state index contributed by atoms with van der Waals surface area (Å²) in [6, 6.07) is 0. The maximum absolute atomic E-state index is 2.37. The molecule has 0 aromatic rings. The molecule has 3 heteroatoms. The van der Waals surface area contributed by atoms with E-state index >= 15 is 0 Å². The summed E-state index contributed by atoms with van der Waals surface area (Å²) in [7, 11) is 2.17. The topological polar surface area (TPSA) is 6.48 Å². The van der Waals surface area contributed by atoms with Crippen LogP contribution < -0.4 is 0 Å². The molecule has 0 radical (unpaired) electrons. The maximum atomic E-state index is 2.37. The molecule has 0 spiro atoms. The third kappa shape index (κ3) is 2.25. The van der Waals surface area contributed by atoms with E-state index in [1.165, 1.54) is 26.2 Å². The zero-order chi connectivity index (χ0) is 6.69. The van der Waals surface area contributed by atoms with E-state index in [0.29, 0.717) is 0 Å². The molecule has 0 aliphatic carbocycles. The Morgan fingerprint density at radius 2 is 1.78 bits per heavy atom. The second-order valence-corrected chi connectivity index (χ2v) is 3.05. The molecule has 0 aromatic carbocycles. The predicted molar refractivity (Wildman–Crippen MR) is 40.9 cm³/mol. The number of likely N-dealkylation sites (N-methyl/N-ethyl adjacent to an activating group) is 1. The fraction of sp³-hybridized carbons (Fsp3) is 0.833. The molecule has 52 valence electrons. The fourth-order valence-electron chi connectivity index (χ4n) is 0.927. The Labute approximate surface area is 69.2 Å². The average Bonchev–Trinajstić information content (AvgIpc) is 1.90. The Balaban J connectivity index is 2.26. The minimum atomic E-state index is 1.20. The van der Waals surface area contributed by atoms with Crippen molar-refractivity contribution in [1.29, 1.82) is 0 Å². The monoisotopic (exact) mass is 242 g/mol. The molecule has 1 aliphatic rings. The van der Waals surface area contributed by atoms with E-state index in [0.717, 1.165) is 0 Å². The molecule has 1 rings (SSSR count). The number of hydrogen-bond acceptors (Lipinski definition) is 2. The molecule has 1 aliphatic heterocycles. The van der Waals surface area contributed by atoms with E-state index in [2.05, 4.69) is 21.0 Å². The van der Waals surface area contributed by atoms with E-state index in [-0.39, 0.29) is 0 Å². The Morgan fingerprint density at radius 1 is 1.22 bits per heavy atom. The van der Waals surface area contributed by atoms with Crippen LogP contribution in [0.15, 0.2) is 0 Å². The molecule has 0 N–H and O–H groups in total. The zero-order valence-corrected chi connectivity index (χ0v) is 8.04. The van der Waals surface area contributed by atoms with Gasteiger partial charge in [0.1, 0.15) is 0 Å². The van der Waals surface area contributed by atoms with Gasteiger partial charge in [0.25, 0.3) is 0 Å². The van der Waals surface area contributed by atoms with Crippen molar-refractivity contribution in [2.45, 2.75) is 0 Å². The van der Waals surface area contributed by atoms with Crippen molar-refractivity contribution in [3.63, 3.8) is 0 Å². The van der Waals surface area contributed by atoms with Crippen LogP contribution in [0.5, 0.6) is 0 Å². The molecule has 1 fully saturated rings. The molecule has 0 atom stereocenters. The number of nitrogens with zero attached hydrogens (tertiary/aromatic N) is 2. The van der Waals surface area contributed by atoms with Gasteiger partial charge in [-0.2, -0.15) is 0 Å². The van der Waals surface area contributed by atoms with Crippen LogP contribution in [-0.2, 0) is 0 Å². The van der Waals surface area contributed by atoms with Gasteiger partial charge in [-0.1, -0.05) is 0 Å². The molecule has 1 heterocycles. The van der Waals surface area contributed by atoms with Crippen molar-refractivity contribution >= 4 is 26.0 Å². The molecule has 1 saturated heterocycles. The van der Waals surface area contributed by atoms with Crippen molar-refractivity contribution < 1.29 is 0 Å². The summed E-state index contributed by atoms with van der Waals surface area (Å²) in [4.78, 5) is 4.73. The van der Waals surface area contributed by atoms with Crippen LogP contribution in [0.2, 0.25) is 0 Å². The van der Waals surface area contributed by atoms with Gasteiger partial charge in [0.2, 0.25) is 0 Å². The first-order valence-corrected chi connectivity index (χ1v) is 4.55. The number of hydrogen-bond donors (Lipinski definition) is 0. The summed E-state index contributed by atoms with van der Waals surface area (Å²) in [6.45, 7) is 4.84. The first-order valence-electron chi connectivity index (χ1n) is 3.21. The van der Waals surface area contributed by atoms with E-state index in [1.807, 2.05) is 21.8 Å². The normalized spacial score (nSPS) is 22.1. The molecule has 0 aromatic heterocycles. The Kier molecular flexibility index (Phi) is 2.97. The summed E-state index contributed by atoms with van der Waals surface area (Å²) in [5, 5.41) is 0. The third-order valence-electron chi connectivity index (χ3n) is 1.69. The van der Waals surface area contributed by atoms with E-state index in [4.69, 9.17) is 0 Å². The van der Waals surface area contributed by atoms with Gasteiger partial charge >= 0.3 is 69.0 Å². The number of rotatable bonds is 1. The summed E-state index contributed by atoms with van der Waals surface area (Å²) >= 11 is 2.04. The van der Waals surface area contributed by atoms with Gasteiger partial charge in [0.15, 0.2) is 0 Å². The summed E-state index contributed by atoms with van der Waals surface area (Å²) in [5.74, 6) is 0. The molecule has 0 amide bonds. The molecule has 9 heavy (non-hydrogen) atoms. The van der Waals surface area contributed by atoms with Crippen LogP contribution in [0, 0.1) is 0 Å². The molecule has 0 unspecified atom stereocenters. The van der Waals surface area contributed by atoms with Crippen LogP contribution in [-0.4, -0.2) is 69.0 Å². The predicted octanol–water partition coefficient (Wildman–Crippen LogP) is -0.838. The minimum absolute atomic E-state index is 1.20. The second kappa shape index (κ2) is 3.55. The van der Waals surface area contributed by atoms with E-state index in [1.54, 1.807) is 0 Å². The van der Waals surface area contributed by atoms with Crippen LogP contribution in [0.25, 0.3) is 0 Å². The Morgan fingerprint density at radius 3 is 2.22 bits per heavy atom. The van der Waals surface area contributed by atoms with Crippen molar-refractivity contribution in [2.75, 3.05) is 33.2 Å². The first kappa shape index (κ1) is 7.53. The first-order chi connectivity index (χ1) is 4.33. The van der Waals surface area contributed by atoms with Crippen molar-refractivity contribution in [3.8, 4) is 0 Å². The van der Waals surface area contributed by atoms with Gasteiger partial charge in [0, 0.05) is 0 Å². The van der Waals surface area contributed by atoms with Crippen LogP contribution >= 0.6 is 0 Å². The van der Waals surface area contributed by atoms with Crippen molar-refractivity contribution in [2.24, 2.45) is 0 Å². The van der Waals surface area contributed by atoms with Crippen molar-refractivity contribution in [3.05, 3.63) is 0 Å². The zero-order valence-electron chi connectivity index (χ0n) is 5.71. The molecular formula is C6H12N2Te. The summed E-state index contributed by atoms with van der Waals surface area (Å²) in [6.07, 6.45) is 0. The molecule has 0 bridgehead atoms. The van der Waals surface area contributed by atoms with Crippen LogP contribution in [0.4, 0.5) is 0 Å². The SMILES string of the molecule is CN1CCN(C=[Te])CC1. The standard InChI is InChI=1S/C6H12N2Te/c1-7-2-4-8(6-9)5-3-7/h6H,2-5H2,1H3. The molecule has 2 nitrogen and oxygen atoms in total. The van der Waals surface area contributed by atoms with Crippen molar-refractivity contribution in [1.82, 2.24) is 9.80 Å². The third-order valence-corrected chi connectivity index (χ3v) is 2.54. The quantitative estimate of drug-likeness (QED) is 0.551. The van der Waals surface area contributed by atoms with Gasteiger partial charge in [-0.05, 0) is 0 Å². The van der Waals surface area contributed by atoms with E-state index < -0.39 is 0 Å². The van der Waals surface area contributed by atoms with Gasteiger partial charge in [-0.15, -0.1) is 0 Å². The van der Waals surface area contributed by atoms with E-state index in [9.17, 15) is 0 Å². The Hall–Kier alpha value is 0.420. The second-order valence-electron chi connectivity index (χ2n) is 2.44. The molecular weight excluding hydrogens is 228 g/mol. The van der Waals surface area contributed by atoms with Crippen LogP contribution in [0.3, 0.4) is 0 Å². The van der Waals surface area contributed by atoms with Gasteiger partial charge in [-0.3, -0.25) is 0 Å². The summed E-state index contributed by atoms with van der Waals surface area (Å²) < 4.78 is 2.18. The van der Waals surface area contributed by atoms with Gasteiger partial charge < -0.3 is 0 Å². The summed E-state index contributed by atoms with van der Waals surface area (Å²) in [5.41, 5.74) is 0. The van der Waals surface area contributed by atoms with Crippen LogP contribution in [0.1, 0.15) is 0 Å². The number of piperazine rings is 1. The fourth-order valence-corrected chi connectivity index (χ4v) is 1.53. The Bertz CT molecular complexity index is 97.2. The van der Waals surface area contributed by atoms with Gasteiger partial charge in [0.05, 0.1) is 0 Å². The molecule has 0 saturated carbocycles.